The van der Waals surface area contributed by atoms with Crippen molar-refractivity contribution in [1.29, 1.82) is 0 Å². The molecule has 1 aromatic carbocycles. The number of likely N-dealkylation sites (tertiary alicyclic amines) is 1. The Bertz CT molecular complexity index is 645. The Kier molecular flexibility index (Phi) is 5.75. The number of amides is 1. The maximum atomic E-state index is 12.8. The van der Waals surface area contributed by atoms with E-state index in [-0.39, 0.29) is 30.7 Å². The maximum Gasteiger partial charge on any atom is 0.416 e. The fourth-order valence-corrected chi connectivity index (χ4v) is 3.26. The third-order valence-electron chi connectivity index (χ3n) is 4.63. The van der Waals surface area contributed by atoms with Crippen LogP contribution in [-0.2, 0) is 15.8 Å². The Morgan fingerprint density at radius 3 is 2.60 bits per heavy atom. The molecule has 3 unspecified atom stereocenters. The first-order valence-electron chi connectivity index (χ1n) is 8.25. The summed E-state index contributed by atoms with van der Waals surface area (Å²) in [6, 6.07) is 4.98. The van der Waals surface area contributed by atoms with Crippen LogP contribution in [0.3, 0.4) is 0 Å². The largest absolute Gasteiger partial charge is 0.481 e. The average molecular weight is 357 g/mol. The van der Waals surface area contributed by atoms with Crippen molar-refractivity contribution in [1.82, 2.24) is 4.90 Å². The molecule has 1 aliphatic rings. The maximum absolute atomic E-state index is 12.8. The lowest BCUT2D eigenvalue weighted by Crippen LogP contribution is -2.45. The molecular formula is C18H22F3NO3. The summed E-state index contributed by atoms with van der Waals surface area (Å²) < 4.78 is 38.4. The van der Waals surface area contributed by atoms with Crippen LogP contribution in [0.2, 0.25) is 0 Å². The second-order valence-electron chi connectivity index (χ2n) is 6.90. The van der Waals surface area contributed by atoms with E-state index in [1.165, 1.54) is 11.0 Å². The third-order valence-corrected chi connectivity index (χ3v) is 4.63. The smallest absolute Gasteiger partial charge is 0.416 e. The van der Waals surface area contributed by atoms with Crippen molar-refractivity contribution in [2.75, 3.05) is 13.1 Å². The van der Waals surface area contributed by atoms with Crippen LogP contribution < -0.4 is 0 Å². The molecule has 0 aromatic heterocycles. The zero-order chi connectivity index (χ0) is 18.8. The van der Waals surface area contributed by atoms with Gasteiger partial charge in [0.15, 0.2) is 0 Å². The molecule has 25 heavy (non-hydrogen) atoms. The molecule has 3 atom stereocenters. The summed E-state index contributed by atoms with van der Waals surface area (Å²) in [6.45, 7) is 4.24. The molecule has 0 saturated carbocycles. The molecule has 1 amide bonds. The van der Waals surface area contributed by atoms with Gasteiger partial charge in [-0.1, -0.05) is 32.0 Å². The number of benzene rings is 1. The highest BCUT2D eigenvalue weighted by Gasteiger charge is 2.33. The number of carbonyl (C=O) groups is 2. The first-order chi connectivity index (χ1) is 11.6. The van der Waals surface area contributed by atoms with E-state index in [0.717, 1.165) is 12.1 Å². The summed E-state index contributed by atoms with van der Waals surface area (Å²) >= 11 is 0. The molecule has 7 heteroatoms. The van der Waals surface area contributed by atoms with Gasteiger partial charge in [-0.3, -0.25) is 9.59 Å². The highest BCUT2D eigenvalue weighted by molar-refractivity contribution is 5.78. The van der Waals surface area contributed by atoms with E-state index in [1.807, 2.05) is 6.92 Å². The first kappa shape index (κ1) is 19.3. The Hall–Kier alpha value is -2.05. The van der Waals surface area contributed by atoms with E-state index < -0.39 is 23.6 Å². The van der Waals surface area contributed by atoms with Crippen LogP contribution in [0.15, 0.2) is 24.3 Å². The molecule has 0 spiro atoms. The predicted molar refractivity (Wildman–Crippen MR) is 86.0 cm³/mol. The van der Waals surface area contributed by atoms with Gasteiger partial charge in [-0.15, -0.1) is 0 Å². The fraction of sp³-hybridized carbons (Fsp3) is 0.556. The van der Waals surface area contributed by atoms with Crippen LogP contribution >= 0.6 is 0 Å². The van der Waals surface area contributed by atoms with Gasteiger partial charge in [0.1, 0.15) is 0 Å². The second kappa shape index (κ2) is 7.45. The number of carboxylic acids is 1. The molecule has 1 heterocycles. The zero-order valence-electron chi connectivity index (χ0n) is 14.2. The number of nitrogens with zero attached hydrogens (tertiary/aromatic N) is 1. The summed E-state index contributed by atoms with van der Waals surface area (Å²) in [7, 11) is 0. The summed E-state index contributed by atoms with van der Waals surface area (Å²) in [4.78, 5) is 25.2. The van der Waals surface area contributed by atoms with E-state index in [2.05, 4.69) is 0 Å². The molecule has 2 rings (SSSR count). The lowest BCUT2D eigenvalue weighted by atomic mass is 9.89. The highest BCUT2D eigenvalue weighted by atomic mass is 19.4. The number of halogens is 3. The molecular weight excluding hydrogens is 335 g/mol. The topological polar surface area (TPSA) is 57.6 Å². The molecule has 0 aliphatic carbocycles. The Morgan fingerprint density at radius 1 is 1.32 bits per heavy atom. The lowest BCUT2D eigenvalue weighted by molar-refractivity contribution is -0.147. The Morgan fingerprint density at radius 2 is 2.00 bits per heavy atom. The predicted octanol–water partition coefficient (Wildman–Crippen LogP) is 3.77. The van der Waals surface area contributed by atoms with Crippen LogP contribution in [0.1, 0.15) is 43.7 Å². The molecule has 1 fully saturated rings. The second-order valence-corrected chi connectivity index (χ2v) is 6.90. The number of hydrogen-bond donors (Lipinski definition) is 1. The van der Waals surface area contributed by atoms with Crippen LogP contribution in [0.25, 0.3) is 0 Å². The molecule has 1 N–H and O–H groups in total. The van der Waals surface area contributed by atoms with Gasteiger partial charge in [0.2, 0.25) is 5.91 Å². The monoisotopic (exact) mass is 357 g/mol. The van der Waals surface area contributed by atoms with Gasteiger partial charge in [-0.25, -0.2) is 0 Å². The van der Waals surface area contributed by atoms with Crippen molar-refractivity contribution in [2.45, 2.75) is 38.8 Å². The minimum Gasteiger partial charge on any atom is -0.481 e. The molecule has 4 nitrogen and oxygen atoms in total. The van der Waals surface area contributed by atoms with Gasteiger partial charge in [0.05, 0.1) is 11.5 Å². The number of carboxylic acid groups (broad SMARTS) is 1. The van der Waals surface area contributed by atoms with Crippen molar-refractivity contribution in [2.24, 2.45) is 11.8 Å². The van der Waals surface area contributed by atoms with Gasteiger partial charge in [-0.05, 0) is 29.9 Å². The number of alkyl halides is 3. The molecule has 1 aliphatic heterocycles. The molecule has 0 bridgehead atoms. The summed E-state index contributed by atoms with van der Waals surface area (Å²) in [5.41, 5.74) is -0.287. The first-order valence-corrected chi connectivity index (χ1v) is 8.25. The Labute approximate surface area is 144 Å². The summed E-state index contributed by atoms with van der Waals surface area (Å²) in [6.07, 6.45) is -3.83. The van der Waals surface area contributed by atoms with Gasteiger partial charge in [-0.2, -0.15) is 13.2 Å². The quantitative estimate of drug-likeness (QED) is 0.892. The summed E-state index contributed by atoms with van der Waals surface area (Å²) in [5.74, 6) is -2.02. The van der Waals surface area contributed by atoms with Crippen molar-refractivity contribution in [3.05, 3.63) is 35.4 Å². The van der Waals surface area contributed by atoms with Gasteiger partial charge >= 0.3 is 12.1 Å². The SMILES string of the molecule is CC1CC(C(=O)O)CN(C(=O)CC(C)c2cccc(C(F)(F)F)c2)C1. The van der Waals surface area contributed by atoms with E-state index in [0.29, 0.717) is 18.5 Å². The van der Waals surface area contributed by atoms with E-state index >= 15 is 0 Å². The highest BCUT2D eigenvalue weighted by Crippen LogP contribution is 2.32. The van der Waals surface area contributed by atoms with E-state index in [9.17, 15) is 27.9 Å². The minimum atomic E-state index is -4.42. The fourth-order valence-electron chi connectivity index (χ4n) is 3.26. The van der Waals surface area contributed by atoms with Gasteiger partial charge in [0, 0.05) is 19.5 Å². The van der Waals surface area contributed by atoms with Crippen molar-refractivity contribution >= 4 is 11.9 Å². The Balaban J connectivity index is 2.06. The van der Waals surface area contributed by atoms with Crippen LogP contribution in [0.4, 0.5) is 13.2 Å². The van der Waals surface area contributed by atoms with E-state index in [4.69, 9.17) is 0 Å². The van der Waals surface area contributed by atoms with Crippen molar-refractivity contribution in [3.8, 4) is 0 Å². The van der Waals surface area contributed by atoms with E-state index in [1.54, 1.807) is 13.0 Å². The zero-order valence-corrected chi connectivity index (χ0v) is 14.2. The molecule has 1 aromatic rings. The average Bonchev–Trinajstić information content (AvgIpc) is 2.53. The van der Waals surface area contributed by atoms with Crippen LogP contribution in [-0.4, -0.2) is 35.0 Å². The number of rotatable bonds is 4. The van der Waals surface area contributed by atoms with Crippen LogP contribution in [0.5, 0.6) is 0 Å². The number of aliphatic carboxylic acids is 1. The number of carbonyl (C=O) groups excluding carboxylic acids is 1. The van der Waals surface area contributed by atoms with Crippen molar-refractivity contribution < 1.29 is 27.9 Å². The standard InChI is InChI=1S/C18H22F3NO3/c1-11-6-14(17(24)25)10-22(9-11)16(23)7-12(2)13-4-3-5-15(8-13)18(19,20)21/h3-5,8,11-12,14H,6-7,9-10H2,1-2H3,(H,24,25). The third kappa shape index (κ3) is 4.96. The lowest BCUT2D eigenvalue weighted by Gasteiger charge is -2.35. The van der Waals surface area contributed by atoms with Gasteiger partial charge < -0.3 is 10.0 Å². The number of piperidine rings is 1. The summed E-state index contributed by atoms with van der Waals surface area (Å²) in [5, 5.41) is 9.18. The normalized spacial score (nSPS) is 22.5. The van der Waals surface area contributed by atoms with Gasteiger partial charge in [0.25, 0.3) is 0 Å². The van der Waals surface area contributed by atoms with Crippen LogP contribution in [0, 0.1) is 11.8 Å². The number of hydrogen-bond acceptors (Lipinski definition) is 2. The minimum absolute atomic E-state index is 0.0559. The molecule has 0 radical (unpaired) electrons. The molecule has 1 saturated heterocycles. The van der Waals surface area contributed by atoms with Crippen molar-refractivity contribution in [3.63, 3.8) is 0 Å². The molecule has 138 valence electrons.